The van der Waals surface area contributed by atoms with Crippen LogP contribution in [0.2, 0.25) is 0 Å². The van der Waals surface area contributed by atoms with Crippen LogP contribution in [0.15, 0.2) is 0 Å². The lowest BCUT2D eigenvalue weighted by molar-refractivity contribution is 0.504. The first-order valence-electron chi connectivity index (χ1n) is 7.00. The minimum Gasteiger partial charge on any atom is -0.344 e. The predicted octanol–water partition coefficient (Wildman–Crippen LogP) is 6.11. The minimum atomic E-state index is 0. The molecule has 0 atom stereocenters. The Morgan fingerprint density at radius 3 is 0.278 bits per heavy atom. The van der Waals surface area contributed by atoms with Crippen molar-refractivity contribution in [3.05, 3.63) is 0 Å². The molecule has 4 heteroatoms. The van der Waals surface area contributed by atoms with Crippen molar-refractivity contribution in [2.45, 2.75) is 89.9 Å². The molecule has 0 aromatic rings. The molecule has 0 heterocycles. The number of hydrogen-bond acceptors (Lipinski definition) is 4. The molecule has 0 aromatic carbocycles. The molecule has 1 saturated carbocycles. The van der Waals surface area contributed by atoms with E-state index in [1.54, 1.807) is 0 Å². The molecule has 1 aliphatic carbocycles. The highest BCUT2D eigenvalue weighted by Crippen LogP contribution is 2.16. The van der Waals surface area contributed by atoms with E-state index in [9.17, 15) is 0 Å². The van der Waals surface area contributed by atoms with Crippen LogP contribution in [-0.2, 0) is 0 Å². The highest BCUT2D eigenvalue weighted by Gasteiger charge is 1.96. The first kappa shape index (κ1) is 26.4. The van der Waals surface area contributed by atoms with Gasteiger partial charge in [0.05, 0.1) is 0 Å². The summed E-state index contributed by atoms with van der Waals surface area (Å²) in [6.45, 7) is 0. The maximum Gasteiger partial charge on any atom is -0.0533 e. The molecule has 0 aromatic heterocycles. The van der Waals surface area contributed by atoms with E-state index in [0.29, 0.717) is 0 Å². The Morgan fingerprint density at radius 1 is 0.167 bits per heavy atom. The summed E-state index contributed by atoms with van der Waals surface area (Å²) in [4.78, 5) is 0. The Morgan fingerprint density at radius 2 is 0.222 bits per heavy atom. The fourth-order valence-corrected chi connectivity index (χ4v) is 2.47. The zero-order chi connectivity index (χ0) is 9.90. The molecule has 0 bridgehead atoms. The van der Waals surface area contributed by atoms with Crippen molar-refractivity contribution in [3.63, 3.8) is 0 Å². The van der Waals surface area contributed by atoms with Gasteiger partial charge in [-0.25, -0.2) is 0 Å². The Hall–Kier alpha value is -0.160. The lowest BCUT2D eigenvalue weighted by Crippen LogP contribution is -1.85. The summed E-state index contributed by atoms with van der Waals surface area (Å²) in [5.74, 6) is 0. The van der Waals surface area contributed by atoms with Crippen LogP contribution in [0, 0.1) is 0 Å². The van der Waals surface area contributed by atoms with Crippen LogP contribution >= 0.6 is 0 Å². The van der Waals surface area contributed by atoms with Gasteiger partial charge in [0.2, 0.25) is 0 Å². The van der Waals surface area contributed by atoms with E-state index < -0.39 is 0 Å². The first-order chi connectivity index (χ1) is 7.00. The van der Waals surface area contributed by atoms with Crippen molar-refractivity contribution < 1.29 is 0 Å². The van der Waals surface area contributed by atoms with Crippen LogP contribution < -0.4 is 24.6 Å². The fraction of sp³-hybridized carbons (Fsp3) is 1.00. The van der Waals surface area contributed by atoms with Gasteiger partial charge < -0.3 is 24.6 Å². The molecule has 4 nitrogen and oxygen atoms in total. The molecule has 116 valence electrons. The van der Waals surface area contributed by atoms with E-state index in [1.165, 1.54) is 89.9 Å². The van der Waals surface area contributed by atoms with E-state index in [-0.39, 0.29) is 24.6 Å². The molecule has 0 unspecified atom stereocenters. The summed E-state index contributed by atoms with van der Waals surface area (Å²) in [6.07, 6.45) is 21.0. The zero-order valence-electron chi connectivity index (χ0n) is 12.7. The third-order valence-electron chi connectivity index (χ3n) is 3.50. The van der Waals surface area contributed by atoms with E-state index in [1.807, 2.05) is 0 Å². The highest BCUT2D eigenvalue weighted by molar-refractivity contribution is 4.51. The molecule has 1 aliphatic rings. The average Bonchev–Trinajstić information content (AvgIpc) is 2.22. The van der Waals surface area contributed by atoms with Gasteiger partial charge in [0.1, 0.15) is 0 Å². The molecule has 0 aliphatic heterocycles. The fourth-order valence-electron chi connectivity index (χ4n) is 2.47. The van der Waals surface area contributed by atoms with Gasteiger partial charge >= 0.3 is 0 Å². The smallest absolute Gasteiger partial charge is 0.0533 e. The molecule has 0 amide bonds. The predicted molar refractivity (Wildman–Crippen MR) is 84.7 cm³/mol. The van der Waals surface area contributed by atoms with Crippen molar-refractivity contribution in [1.29, 1.82) is 0 Å². The topological polar surface area (TPSA) is 140 Å². The van der Waals surface area contributed by atoms with Gasteiger partial charge in [0.25, 0.3) is 0 Å². The minimum absolute atomic E-state index is 0. The maximum absolute atomic E-state index is 1.50. The Bertz CT molecular complexity index is 67.1. The van der Waals surface area contributed by atoms with Crippen LogP contribution in [-0.4, -0.2) is 0 Å². The van der Waals surface area contributed by atoms with Crippen LogP contribution in [0.5, 0.6) is 0 Å². The quantitative estimate of drug-likeness (QED) is 0.418. The Balaban J connectivity index is -0.000000245. The van der Waals surface area contributed by atoms with Gasteiger partial charge in [0.15, 0.2) is 0 Å². The molecule has 0 saturated heterocycles. The standard InChI is InChI=1S/C14H28.4H3N/c1-2-4-6-8-10-12-14-13-11-9-7-5-3-1;;;;/h1-14H2;4*1H3. The number of hydrogen-bond donors (Lipinski definition) is 4. The second kappa shape index (κ2) is 22.1. The molecule has 0 spiro atoms. The second-order valence-electron chi connectivity index (χ2n) is 4.95. The maximum atomic E-state index is 1.50. The largest absolute Gasteiger partial charge is 0.344 e. The highest BCUT2D eigenvalue weighted by atomic mass is 14.0. The zero-order valence-corrected chi connectivity index (χ0v) is 12.7. The van der Waals surface area contributed by atoms with Crippen molar-refractivity contribution in [2.24, 2.45) is 0 Å². The van der Waals surface area contributed by atoms with E-state index in [0.717, 1.165) is 0 Å². The summed E-state index contributed by atoms with van der Waals surface area (Å²) >= 11 is 0. The molecule has 1 fully saturated rings. The van der Waals surface area contributed by atoms with Gasteiger partial charge in [0, 0.05) is 0 Å². The summed E-state index contributed by atoms with van der Waals surface area (Å²) in [6, 6.07) is 0. The monoisotopic (exact) mass is 264 g/mol. The Kier molecular flexibility index (Phi) is 32.4. The third-order valence-corrected chi connectivity index (χ3v) is 3.50. The van der Waals surface area contributed by atoms with Gasteiger partial charge in [-0.15, -0.1) is 0 Å². The normalized spacial score (nSPS) is 18.7. The molecule has 12 N–H and O–H groups in total. The summed E-state index contributed by atoms with van der Waals surface area (Å²) in [5.41, 5.74) is 0. The molecular weight excluding hydrogens is 224 g/mol. The van der Waals surface area contributed by atoms with E-state index in [4.69, 9.17) is 0 Å². The summed E-state index contributed by atoms with van der Waals surface area (Å²) in [5, 5.41) is 0. The van der Waals surface area contributed by atoms with Crippen molar-refractivity contribution in [1.82, 2.24) is 24.6 Å². The van der Waals surface area contributed by atoms with E-state index in [2.05, 4.69) is 0 Å². The molecule has 1 rings (SSSR count). The lowest BCUT2D eigenvalue weighted by atomic mass is 10.0. The first-order valence-corrected chi connectivity index (χ1v) is 7.00. The second-order valence-corrected chi connectivity index (χ2v) is 4.95. The third kappa shape index (κ3) is 18.2. The van der Waals surface area contributed by atoms with Crippen LogP contribution in [0.4, 0.5) is 0 Å². The average molecular weight is 265 g/mol. The summed E-state index contributed by atoms with van der Waals surface area (Å²) < 4.78 is 0. The van der Waals surface area contributed by atoms with Crippen LogP contribution in [0.3, 0.4) is 0 Å². The van der Waals surface area contributed by atoms with E-state index >= 15 is 0 Å². The molecule has 18 heavy (non-hydrogen) atoms. The Labute approximate surface area is 115 Å². The van der Waals surface area contributed by atoms with Crippen LogP contribution in [0.25, 0.3) is 0 Å². The molecule has 0 radical (unpaired) electrons. The van der Waals surface area contributed by atoms with Gasteiger partial charge in [-0.3, -0.25) is 0 Å². The SMILES string of the molecule is C1CCCCCCCCCCCCC1.N.N.N.N. The van der Waals surface area contributed by atoms with Gasteiger partial charge in [-0.2, -0.15) is 0 Å². The summed E-state index contributed by atoms with van der Waals surface area (Å²) in [7, 11) is 0. The van der Waals surface area contributed by atoms with Gasteiger partial charge in [-0.1, -0.05) is 89.9 Å². The lowest BCUT2D eigenvalue weighted by Gasteiger charge is -2.05. The van der Waals surface area contributed by atoms with Crippen LogP contribution in [0.1, 0.15) is 89.9 Å². The molecular formula is C14H40N4. The van der Waals surface area contributed by atoms with Crippen molar-refractivity contribution >= 4 is 0 Å². The number of rotatable bonds is 0. The van der Waals surface area contributed by atoms with Crippen molar-refractivity contribution in [3.8, 4) is 0 Å². The van der Waals surface area contributed by atoms with Gasteiger partial charge in [-0.05, 0) is 0 Å². The van der Waals surface area contributed by atoms with Crippen molar-refractivity contribution in [2.75, 3.05) is 0 Å².